The van der Waals surface area contributed by atoms with Gasteiger partial charge in [-0.15, -0.1) is 0 Å². The molecular weight excluding hydrogens is 495 g/mol. The maximum absolute atomic E-state index is 13.4. The second kappa shape index (κ2) is 9.82. The summed E-state index contributed by atoms with van der Waals surface area (Å²) >= 11 is 0. The molecule has 0 bridgehead atoms. The summed E-state index contributed by atoms with van der Waals surface area (Å²) in [6.07, 6.45) is -1.84. The Morgan fingerprint density at radius 3 is 2.75 bits per heavy atom. The van der Waals surface area contributed by atoms with Crippen molar-refractivity contribution >= 4 is 25.3 Å². The van der Waals surface area contributed by atoms with Crippen molar-refractivity contribution < 1.29 is 38.5 Å². The lowest BCUT2D eigenvalue weighted by atomic mass is 9.96. The Bertz CT molecular complexity index is 1350. The highest BCUT2D eigenvalue weighted by Gasteiger charge is 2.57. The van der Waals surface area contributed by atoms with E-state index in [1.54, 1.807) is 24.3 Å². The van der Waals surface area contributed by atoms with Crippen LogP contribution in [0.15, 0.2) is 48.9 Å². The lowest BCUT2D eigenvalue weighted by molar-refractivity contribution is -0.138. The van der Waals surface area contributed by atoms with Gasteiger partial charge in [0.25, 0.3) is 0 Å². The first kappa shape index (κ1) is 25.5. The summed E-state index contributed by atoms with van der Waals surface area (Å²) in [6.45, 7) is 0.386. The molecule has 1 aliphatic heterocycles. The van der Waals surface area contributed by atoms with Crippen LogP contribution in [0.4, 0.5) is 5.95 Å². The van der Waals surface area contributed by atoms with Crippen molar-refractivity contribution in [2.75, 3.05) is 12.3 Å². The zero-order chi connectivity index (χ0) is 26.1. The van der Waals surface area contributed by atoms with Crippen molar-refractivity contribution in [3.8, 4) is 11.8 Å². The van der Waals surface area contributed by atoms with Gasteiger partial charge in [0, 0.05) is 11.8 Å². The molecule has 1 saturated heterocycles. The van der Waals surface area contributed by atoms with E-state index >= 15 is 0 Å². The quantitative estimate of drug-likeness (QED) is 0.246. The van der Waals surface area contributed by atoms with E-state index < -0.39 is 50.3 Å². The van der Waals surface area contributed by atoms with E-state index in [-0.39, 0.29) is 11.7 Å². The first-order chi connectivity index (χ1) is 17.1. The predicted molar refractivity (Wildman–Crippen MR) is 122 cm³/mol. The Labute approximate surface area is 204 Å². The molecule has 0 radical (unpaired) electrons. The zero-order valence-electron chi connectivity index (χ0n) is 18.8. The Kier molecular flexibility index (Phi) is 6.96. The minimum atomic E-state index is -4.42. The molecule has 4 rings (SSSR count). The summed E-state index contributed by atoms with van der Waals surface area (Å²) in [7, 11) is -4.42. The normalized spacial score (nSPS) is 26.2. The summed E-state index contributed by atoms with van der Waals surface area (Å²) in [5, 5.41) is 42.8. The fraction of sp³-hybridized carbons (Fsp3) is 0.333. The van der Waals surface area contributed by atoms with Gasteiger partial charge < -0.3 is 30.3 Å². The number of fused-ring (bicyclic) bond motifs is 1. The monoisotopic (exact) mass is 518 g/mol. The van der Waals surface area contributed by atoms with Gasteiger partial charge in [0.1, 0.15) is 54.8 Å². The molecule has 6 N–H and O–H groups in total. The lowest BCUT2D eigenvalue weighted by Crippen LogP contribution is -2.46. The highest BCUT2D eigenvalue weighted by Crippen LogP contribution is 2.48. The van der Waals surface area contributed by atoms with Crippen LogP contribution in [0.25, 0.3) is 5.65 Å². The number of nitrogens with zero attached hydrogens (tertiary/aromatic N) is 4. The summed E-state index contributed by atoms with van der Waals surface area (Å²) in [5.41, 5.74) is 4.37. The third kappa shape index (κ3) is 4.89. The van der Waals surface area contributed by atoms with Gasteiger partial charge in [-0.05, 0) is 25.1 Å². The number of rotatable bonds is 9. The van der Waals surface area contributed by atoms with Crippen LogP contribution in [0.3, 0.4) is 0 Å². The second-order valence-corrected chi connectivity index (χ2v) is 9.77. The van der Waals surface area contributed by atoms with Gasteiger partial charge in [0.05, 0.1) is 0 Å². The number of aliphatic hydroxyl groups is 2. The van der Waals surface area contributed by atoms with Gasteiger partial charge in [-0.25, -0.2) is 14.5 Å². The number of nitrogen functional groups attached to an aromatic ring is 1. The Morgan fingerprint density at radius 2 is 2.11 bits per heavy atom. The SMILES string of the molecule is C[C@H](NP(=O)(OC[C@@]1(C#N)O[C@@H](c2cc3ncnc(N)n3c2)[C@H](O)[C@@H]1O)Oc1ccccc1)C(=O)O. The smallest absolute Gasteiger partial charge is 0.459 e. The van der Waals surface area contributed by atoms with Crippen LogP contribution in [0.2, 0.25) is 0 Å². The molecule has 3 aromatic rings. The molecular formula is C21H23N6O8P. The first-order valence-corrected chi connectivity index (χ1v) is 12.2. The van der Waals surface area contributed by atoms with E-state index in [2.05, 4.69) is 15.1 Å². The van der Waals surface area contributed by atoms with Gasteiger partial charge in [0.15, 0.2) is 0 Å². The molecule has 6 atom stereocenters. The molecule has 1 fully saturated rings. The average molecular weight is 518 g/mol. The molecule has 1 aromatic carbocycles. The number of ether oxygens (including phenoxy) is 1. The van der Waals surface area contributed by atoms with Gasteiger partial charge in [-0.2, -0.15) is 10.3 Å². The number of carboxylic acid groups (broad SMARTS) is 1. The number of aliphatic carboxylic acids is 1. The van der Waals surface area contributed by atoms with E-state index in [1.807, 2.05) is 0 Å². The third-order valence-corrected chi connectivity index (χ3v) is 7.18. The Hall–Kier alpha value is -3.57. The molecule has 36 heavy (non-hydrogen) atoms. The molecule has 0 amide bonds. The number of nitriles is 1. The van der Waals surface area contributed by atoms with Crippen LogP contribution in [-0.2, 0) is 18.6 Å². The number of carbonyl (C=O) groups is 1. The Morgan fingerprint density at radius 1 is 1.39 bits per heavy atom. The molecule has 1 unspecified atom stereocenters. The van der Waals surface area contributed by atoms with E-state index in [1.165, 1.54) is 42.0 Å². The molecule has 3 heterocycles. The number of aromatic nitrogens is 3. The maximum atomic E-state index is 13.4. The van der Waals surface area contributed by atoms with Gasteiger partial charge in [-0.3, -0.25) is 13.7 Å². The fourth-order valence-electron chi connectivity index (χ4n) is 3.62. The van der Waals surface area contributed by atoms with Crippen LogP contribution in [0.5, 0.6) is 5.75 Å². The number of nitrogens with two attached hydrogens (primary N) is 1. The van der Waals surface area contributed by atoms with Crippen LogP contribution >= 0.6 is 7.75 Å². The number of carboxylic acids is 1. The lowest BCUT2D eigenvalue weighted by Gasteiger charge is -2.28. The highest BCUT2D eigenvalue weighted by molar-refractivity contribution is 7.52. The van der Waals surface area contributed by atoms with E-state index in [0.29, 0.717) is 11.2 Å². The van der Waals surface area contributed by atoms with E-state index in [9.17, 15) is 29.9 Å². The topological polar surface area (TPSA) is 215 Å². The van der Waals surface area contributed by atoms with Crippen molar-refractivity contribution in [3.05, 3.63) is 54.5 Å². The van der Waals surface area contributed by atoms with Crippen LogP contribution in [0, 0.1) is 11.3 Å². The number of aliphatic hydroxyl groups excluding tert-OH is 2. The van der Waals surface area contributed by atoms with Crippen LogP contribution in [-0.4, -0.2) is 66.1 Å². The van der Waals surface area contributed by atoms with Gasteiger partial charge in [-0.1, -0.05) is 18.2 Å². The minimum absolute atomic E-state index is 0.0990. The molecule has 15 heteroatoms. The standard InChI is InChI=1S/C21H23N6O8P/c1-12(19(30)31)26-36(32,35-14-5-3-2-4-6-14)33-10-21(9-22)18(29)16(28)17(34-21)13-7-15-24-11-25-20(23)27(15)8-13/h2-8,11-12,16-18,28-29H,10H2,1H3,(H,26,32)(H,30,31)(H2,23,24,25)/t12-,16-,17-,18-,21+,36?/m0/s1. The number of hydrogen-bond acceptors (Lipinski definition) is 11. The minimum Gasteiger partial charge on any atom is -0.480 e. The fourth-order valence-corrected chi connectivity index (χ4v) is 5.14. The number of hydrogen-bond donors (Lipinski definition) is 5. The molecule has 190 valence electrons. The Balaban J connectivity index is 1.59. The maximum Gasteiger partial charge on any atom is 0.459 e. The number of para-hydroxylation sites is 1. The molecule has 2 aromatic heterocycles. The third-order valence-electron chi connectivity index (χ3n) is 5.55. The zero-order valence-corrected chi connectivity index (χ0v) is 19.7. The van der Waals surface area contributed by atoms with Crippen molar-refractivity contribution in [1.82, 2.24) is 19.5 Å². The van der Waals surface area contributed by atoms with Crippen LogP contribution in [0.1, 0.15) is 18.6 Å². The van der Waals surface area contributed by atoms with Gasteiger partial charge in [0.2, 0.25) is 11.5 Å². The largest absolute Gasteiger partial charge is 0.480 e. The van der Waals surface area contributed by atoms with E-state index in [0.717, 1.165) is 0 Å². The molecule has 0 aliphatic carbocycles. The number of benzene rings is 1. The van der Waals surface area contributed by atoms with Gasteiger partial charge >= 0.3 is 13.7 Å². The average Bonchev–Trinajstić information content (AvgIpc) is 3.39. The predicted octanol–water partition coefficient (Wildman–Crippen LogP) is 0.633. The first-order valence-electron chi connectivity index (χ1n) is 10.6. The van der Waals surface area contributed by atoms with Crippen LogP contribution < -0.4 is 15.3 Å². The van der Waals surface area contributed by atoms with Crippen molar-refractivity contribution in [1.29, 1.82) is 5.26 Å². The summed E-state index contributed by atoms with van der Waals surface area (Å²) in [4.78, 5) is 19.3. The summed E-state index contributed by atoms with van der Waals surface area (Å²) < 4.78 is 31.5. The molecule has 14 nitrogen and oxygen atoms in total. The number of nitrogens with one attached hydrogen (secondary N) is 1. The second-order valence-electron chi connectivity index (χ2n) is 8.07. The summed E-state index contributed by atoms with van der Waals surface area (Å²) in [5.74, 6) is -1.12. The van der Waals surface area contributed by atoms with Crippen molar-refractivity contribution in [2.45, 2.75) is 36.9 Å². The highest BCUT2D eigenvalue weighted by atomic mass is 31.2. The van der Waals surface area contributed by atoms with Crippen molar-refractivity contribution in [3.63, 3.8) is 0 Å². The van der Waals surface area contributed by atoms with E-state index in [4.69, 9.17) is 19.5 Å². The molecule has 0 spiro atoms. The summed E-state index contributed by atoms with van der Waals surface area (Å²) in [6, 6.07) is 9.77. The van der Waals surface area contributed by atoms with Crippen molar-refractivity contribution in [2.24, 2.45) is 0 Å². The molecule has 1 aliphatic rings. The number of anilines is 1. The molecule has 0 saturated carbocycles.